The highest BCUT2D eigenvalue weighted by Crippen LogP contribution is 2.27. The van der Waals surface area contributed by atoms with Crippen LogP contribution in [0, 0.1) is 0 Å². The van der Waals surface area contributed by atoms with E-state index >= 15 is 0 Å². The van der Waals surface area contributed by atoms with Crippen molar-refractivity contribution >= 4 is 22.4 Å². The summed E-state index contributed by atoms with van der Waals surface area (Å²) >= 11 is 0. The van der Waals surface area contributed by atoms with Crippen molar-refractivity contribution in [2.24, 2.45) is 0 Å². The Morgan fingerprint density at radius 3 is 2.03 bits per heavy atom. The summed E-state index contributed by atoms with van der Waals surface area (Å²) in [5.74, 6) is 0.101. The van der Waals surface area contributed by atoms with Crippen LogP contribution in [0.3, 0.4) is 0 Å². The topological polar surface area (TPSA) is 32.3 Å². The summed E-state index contributed by atoms with van der Waals surface area (Å²) in [7, 11) is 0. The van der Waals surface area contributed by atoms with E-state index in [-0.39, 0.29) is 18.0 Å². The molecule has 5 rings (SSSR count). The van der Waals surface area contributed by atoms with Gasteiger partial charge in [-0.05, 0) is 40.5 Å². The molecule has 154 valence electrons. The van der Waals surface area contributed by atoms with Crippen LogP contribution in [0.2, 0.25) is 0 Å². The van der Waals surface area contributed by atoms with Crippen molar-refractivity contribution in [3.8, 4) is 0 Å². The van der Waals surface area contributed by atoms with E-state index in [0.717, 1.165) is 18.7 Å². The summed E-state index contributed by atoms with van der Waals surface area (Å²) in [5.41, 5.74) is 3.52. The van der Waals surface area contributed by atoms with E-state index in [1.807, 2.05) is 24.3 Å². The molecule has 1 saturated heterocycles. The zero-order valence-electron chi connectivity index (χ0n) is 17.4. The highest BCUT2D eigenvalue weighted by atomic mass is 16.2. The molecule has 1 aliphatic rings. The van der Waals surface area contributed by atoms with Crippen molar-refractivity contribution in [1.82, 2.24) is 5.32 Å². The molecule has 4 aromatic carbocycles. The van der Waals surface area contributed by atoms with Crippen LogP contribution in [0.1, 0.15) is 11.1 Å². The molecule has 0 spiro atoms. The lowest BCUT2D eigenvalue weighted by atomic mass is 9.96. The van der Waals surface area contributed by atoms with Gasteiger partial charge in [0.05, 0.1) is 6.04 Å². The van der Waals surface area contributed by atoms with Gasteiger partial charge in [-0.1, -0.05) is 91.0 Å². The number of carbonyl (C=O) groups is 1. The van der Waals surface area contributed by atoms with Gasteiger partial charge in [0.15, 0.2) is 0 Å². The lowest BCUT2D eigenvalue weighted by molar-refractivity contribution is -0.124. The zero-order chi connectivity index (χ0) is 21.0. The fourth-order valence-corrected chi connectivity index (χ4v) is 4.54. The molecule has 1 amide bonds. The summed E-state index contributed by atoms with van der Waals surface area (Å²) in [4.78, 5) is 15.6. The molecule has 0 aromatic heterocycles. The first kappa shape index (κ1) is 19.4. The lowest BCUT2D eigenvalue weighted by Crippen LogP contribution is -2.61. The Balaban J connectivity index is 1.48. The van der Waals surface area contributed by atoms with Gasteiger partial charge in [-0.2, -0.15) is 0 Å². The molecule has 1 N–H and O–H groups in total. The second kappa shape index (κ2) is 8.65. The minimum absolute atomic E-state index is 0.0772. The summed E-state index contributed by atoms with van der Waals surface area (Å²) < 4.78 is 0. The van der Waals surface area contributed by atoms with Crippen LogP contribution in [-0.2, 0) is 17.6 Å². The minimum Gasteiger partial charge on any atom is -0.357 e. The summed E-state index contributed by atoms with van der Waals surface area (Å²) in [6.07, 6.45) is 1.52. The largest absolute Gasteiger partial charge is 0.357 e. The van der Waals surface area contributed by atoms with Crippen molar-refractivity contribution in [2.75, 3.05) is 11.4 Å². The molecular weight excluding hydrogens is 380 g/mol. The number of fused-ring (bicyclic) bond motifs is 1. The third kappa shape index (κ3) is 4.31. The third-order valence-corrected chi connectivity index (χ3v) is 6.10. The molecule has 0 aliphatic carbocycles. The van der Waals surface area contributed by atoms with Gasteiger partial charge in [0, 0.05) is 18.7 Å². The molecule has 3 heteroatoms. The fraction of sp³-hybridized carbons (Fsp3) is 0.179. The number of nitrogens with one attached hydrogen (secondary N) is 1. The van der Waals surface area contributed by atoms with Gasteiger partial charge in [0.2, 0.25) is 5.91 Å². The van der Waals surface area contributed by atoms with Crippen molar-refractivity contribution in [3.05, 3.63) is 114 Å². The Hall–Kier alpha value is -3.59. The normalized spacial score (nSPS) is 18.7. The molecule has 3 nitrogen and oxygen atoms in total. The van der Waals surface area contributed by atoms with E-state index in [0.29, 0.717) is 6.42 Å². The van der Waals surface area contributed by atoms with Crippen molar-refractivity contribution in [3.63, 3.8) is 0 Å². The minimum atomic E-state index is -0.226. The first-order valence-corrected chi connectivity index (χ1v) is 10.9. The molecule has 0 radical (unpaired) electrons. The van der Waals surface area contributed by atoms with Crippen molar-refractivity contribution in [1.29, 1.82) is 0 Å². The Morgan fingerprint density at radius 2 is 1.32 bits per heavy atom. The van der Waals surface area contributed by atoms with Gasteiger partial charge in [0.1, 0.15) is 6.04 Å². The molecule has 1 heterocycles. The number of hydrogen-bond donors (Lipinski definition) is 1. The predicted molar refractivity (Wildman–Crippen MR) is 127 cm³/mol. The molecule has 0 bridgehead atoms. The zero-order valence-corrected chi connectivity index (χ0v) is 17.4. The molecule has 31 heavy (non-hydrogen) atoms. The Morgan fingerprint density at radius 1 is 0.710 bits per heavy atom. The number of nitrogens with zero attached hydrogens (tertiary/aromatic N) is 1. The van der Waals surface area contributed by atoms with Crippen molar-refractivity contribution in [2.45, 2.75) is 24.9 Å². The molecule has 0 unspecified atom stereocenters. The second-order valence-corrected chi connectivity index (χ2v) is 8.28. The van der Waals surface area contributed by atoms with E-state index in [1.54, 1.807) is 0 Å². The summed E-state index contributed by atoms with van der Waals surface area (Å²) in [6, 6.07) is 35.4. The monoisotopic (exact) mass is 406 g/mol. The van der Waals surface area contributed by atoms with Gasteiger partial charge in [0.25, 0.3) is 0 Å². The maximum atomic E-state index is 13.3. The van der Waals surface area contributed by atoms with Gasteiger partial charge in [-0.15, -0.1) is 0 Å². The average Bonchev–Trinajstić information content (AvgIpc) is 2.82. The SMILES string of the molecule is O=C1N[C@H](Cc2ccccc2)CN(c2ccc3ccccc3c2)[C@H]1Cc1ccccc1. The van der Waals surface area contributed by atoms with E-state index in [1.165, 1.54) is 21.9 Å². The predicted octanol–water partition coefficient (Wildman–Crippen LogP) is 5.00. The van der Waals surface area contributed by atoms with Crippen LogP contribution in [-0.4, -0.2) is 24.5 Å². The van der Waals surface area contributed by atoms with Crippen LogP contribution in [0.5, 0.6) is 0 Å². The summed E-state index contributed by atoms with van der Waals surface area (Å²) in [6.45, 7) is 0.788. The number of anilines is 1. The maximum absolute atomic E-state index is 13.3. The van der Waals surface area contributed by atoms with E-state index < -0.39 is 0 Å². The van der Waals surface area contributed by atoms with Crippen LogP contribution < -0.4 is 10.2 Å². The van der Waals surface area contributed by atoms with E-state index in [2.05, 4.69) is 89.1 Å². The number of carbonyl (C=O) groups excluding carboxylic acids is 1. The lowest BCUT2D eigenvalue weighted by Gasteiger charge is -2.41. The van der Waals surface area contributed by atoms with E-state index in [4.69, 9.17) is 0 Å². The first-order chi connectivity index (χ1) is 15.3. The van der Waals surface area contributed by atoms with Gasteiger partial charge < -0.3 is 10.2 Å². The quantitative estimate of drug-likeness (QED) is 0.506. The van der Waals surface area contributed by atoms with Crippen LogP contribution >= 0.6 is 0 Å². The fourth-order valence-electron chi connectivity index (χ4n) is 4.54. The van der Waals surface area contributed by atoms with Gasteiger partial charge >= 0.3 is 0 Å². The van der Waals surface area contributed by atoms with Crippen molar-refractivity contribution < 1.29 is 4.79 Å². The third-order valence-electron chi connectivity index (χ3n) is 6.10. The molecular formula is C28H26N2O. The highest BCUT2D eigenvalue weighted by molar-refractivity contribution is 5.90. The number of rotatable bonds is 5. The summed E-state index contributed by atoms with van der Waals surface area (Å²) in [5, 5.41) is 5.71. The number of amides is 1. The van der Waals surface area contributed by atoms with E-state index in [9.17, 15) is 4.79 Å². The van der Waals surface area contributed by atoms with Gasteiger partial charge in [-0.25, -0.2) is 0 Å². The molecule has 1 aliphatic heterocycles. The molecule has 1 fully saturated rings. The maximum Gasteiger partial charge on any atom is 0.243 e. The van der Waals surface area contributed by atoms with Crippen LogP contribution in [0.15, 0.2) is 103 Å². The Labute approximate surface area is 183 Å². The number of benzene rings is 4. The molecule has 0 saturated carbocycles. The first-order valence-electron chi connectivity index (χ1n) is 10.9. The molecule has 2 atom stereocenters. The smallest absolute Gasteiger partial charge is 0.243 e. The highest BCUT2D eigenvalue weighted by Gasteiger charge is 2.34. The van der Waals surface area contributed by atoms with Crippen LogP contribution in [0.4, 0.5) is 5.69 Å². The Kier molecular flexibility index (Phi) is 5.40. The number of piperazine rings is 1. The number of hydrogen-bond acceptors (Lipinski definition) is 2. The second-order valence-electron chi connectivity index (χ2n) is 8.28. The Bertz CT molecular complexity index is 1170. The van der Waals surface area contributed by atoms with Gasteiger partial charge in [-0.3, -0.25) is 4.79 Å². The van der Waals surface area contributed by atoms with Crippen LogP contribution in [0.25, 0.3) is 10.8 Å². The standard InChI is InChI=1S/C28H26N2O/c31-28-27(18-22-11-5-2-6-12-22)30(20-25(29-28)17-21-9-3-1-4-10-21)26-16-15-23-13-7-8-14-24(23)19-26/h1-16,19,25,27H,17-18,20H2,(H,29,31)/t25-,27+/m1/s1. The average molecular weight is 407 g/mol. The molecule has 4 aromatic rings.